The fourth-order valence-corrected chi connectivity index (χ4v) is 20.2. The highest BCUT2D eigenvalue weighted by molar-refractivity contribution is 5.80. The summed E-state index contributed by atoms with van der Waals surface area (Å²) in [6, 6.07) is 0. The van der Waals surface area contributed by atoms with Crippen LogP contribution in [-0.4, -0.2) is 350 Å². The maximum atomic E-state index is 15.8. The van der Waals surface area contributed by atoms with Gasteiger partial charge in [-0.05, 0) is 118 Å². The van der Waals surface area contributed by atoms with Gasteiger partial charge in [0.05, 0.1) is 62.4 Å². The maximum Gasteiger partial charge on any atom is 0.335 e. The van der Waals surface area contributed by atoms with Crippen molar-refractivity contribution < 1.29 is 178 Å². The number of aldehydes is 1. The van der Waals surface area contributed by atoms with Crippen molar-refractivity contribution in [3.8, 4) is 0 Å². The molecule has 12 aliphatic rings. The lowest BCUT2D eigenvalue weighted by molar-refractivity contribution is -0.394. The summed E-state index contributed by atoms with van der Waals surface area (Å²) in [5.74, 6) is -4.04. The van der Waals surface area contributed by atoms with Gasteiger partial charge in [0.15, 0.2) is 49.9 Å². The Kier molecular flexibility index (Phi) is 23.7. The van der Waals surface area contributed by atoms with Crippen molar-refractivity contribution in [2.75, 3.05) is 26.4 Å². The zero-order valence-corrected chi connectivity index (χ0v) is 60.6. The van der Waals surface area contributed by atoms with E-state index < -0.39 is 291 Å². The molecule has 0 bridgehead atoms. The van der Waals surface area contributed by atoms with Gasteiger partial charge in [0, 0.05) is 0 Å². The Morgan fingerprint density at radius 3 is 1.75 bits per heavy atom. The van der Waals surface area contributed by atoms with Gasteiger partial charge in [0.25, 0.3) is 0 Å². The number of hydrogen-bond donors (Lipinski definition) is 19. The molecule has 106 heavy (non-hydrogen) atoms. The van der Waals surface area contributed by atoms with Gasteiger partial charge in [0.2, 0.25) is 6.29 Å². The fraction of sp³-hybridized carbons (Fsp3) is 0.929. The smallest absolute Gasteiger partial charge is 0.335 e. The predicted molar refractivity (Wildman–Crippen MR) is 347 cm³/mol. The second kappa shape index (κ2) is 30.5. The normalized spacial score (nSPS) is 55.3. The minimum atomic E-state index is -2.23. The van der Waals surface area contributed by atoms with Gasteiger partial charge >= 0.3 is 11.9 Å². The third-order valence-electron chi connectivity index (χ3n) is 26.9. The zero-order chi connectivity index (χ0) is 77.5. The number of allylic oxidation sites excluding steroid dienone is 2. The number of hydrogen-bond acceptors (Lipinski definition) is 35. The summed E-state index contributed by atoms with van der Waals surface area (Å²) in [5.41, 5.74) is -6.91. The number of carboxylic acids is 1. The first-order valence-corrected chi connectivity index (χ1v) is 36.8. The van der Waals surface area contributed by atoms with Crippen molar-refractivity contribution in [1.29, 1.82) is 0 Å². The van der Waals surface area contributed by atoms with Gasteiger partial charge in [-0.15, -0.1) is 0 Å². The minimum absolute atomic E-state index is 0.0416. The molecule has 5 aliphatic carbocycles. The Hall–Kier alpha value is -2.89. The molecule has 7 heterocycles. The van der Waals surface area contributed by atoms with Gasteiger partial charge < -0.3 is 168 Å². The SMILES string of the molecule is C[C@@H]1O[C@@H](O[C@H]2[C@H](O)[C@@H](C(=O)O)O[C@@H](O[C@H]3CC[C@]4(C)[C@H]5CC=C6[C@@H]7CC(C)(C)CC[C@]7(C(=O)O[C@@H]7O[C@H](C)[C@H](O)[C@H](O)[C@H]7O[C@@H]7O[C@@H](C)[C@H](O[C@@H]8OC[C@@H](O)[C@H](O[C@@H]9OC[C@](O)(CO)[C@H]9O)[C@H]8O)[C@@H](O)[C@H]7O)[C@H](O)C[C@@]6(C)[C@]5(C)CC[C@H]4[C@]3(C)C=O)[C@@H]2O[C@@H]2O[C@H](CO)[C@H](O)[C@H](O)[C@H]2O)[C@H](O)[C@H](O)[C@H]1O. The number of rotatable bonds is 18. The van der Waals surface area contributed by atoms with Crippen LogP contribution in [0, 0.1) is 50.2 Å². The van der Waals surface area contributed by atoms with Gasteiger partial charge in [-0.3, -0.25) is 4.79 Å². The first-order chi connectivity index (χ1) is 49.6. The van der Waals surface area contributed by atoms with E-state index in [0.29, 0.717) is 38.5 Å². The Labute approximate surface area is 610 Å². The van der Waals surface area contributed by atoms with E-state index >= 15 is 4.79 Å². The van der Waals surface area contributed by atoms with Gasteiger partial charge in [-0.25, -0.2) is 4.79 Å². The lowest BCUT2D eigenvalue weighted by Crippen LogP contribution is -2.69. The minimum Gasteiger partial charge on any atom is -0.479 e. The molecule has 36 heteroatoms. The predicted octanol–water partition coefficient (Wildman–Crippen LogP) is -5.96. The van der Waals surface area contributed by atoms with Crippen molar-refractivity contribution >= 4 is 18.2 Å². The molecule has 0 aromatic carbocycles. The van der Waals surface area contributed by atoms with Crippen molar-refractivity contribution in [2.45, 2.75) is 328 Å². The number of aliphatic hydroxyl groups is 18. The van der Waals surface area contributed by atoms with E-state index in [9.17, 15) is 107 Å². The molecule has 36 nitrogen and oxygen atoms in total. The molecule has 12 rings (SSSR count). The Morgan fingerprint density at radius 2 is 1.11 bits per heavy atom. The summed E-state index contributed by atoms with van der Waals surface area (Å²) in [4.78, 5) is 43.1. The number of carbonyl (C=O) groups excluding carboxylic acids is 2. The lowest BCUT2D eigenvalue weighted by Gasteiger charge is -2.71. The van der Waals surface area contributed by atoms with E-state index in [0.717, 1.165) is 11.9 Å². The van der Waals surface area contributed by atoms with Crippen LogP contribution in [0.25, 0.3) is 0 Å². The summed E-state index contributed by atoms with van der Waals surface area (Å²) in [5, 5.41) is 210. The molecule has 11 fully saturated rings. The van der Waals surface area contributed by atoms with Crippen LogP contribution in [0.5, 0.6) is 0 Å². The molecule has 7 saturated heterocycles. The highest BCUT2D eigenvalue weighted by Gasteiger charge is 2.73. The largest absolute Gasteiger partial charge is 0.479 e. The average molecular weight is 1530 g/mol. The molecule has 0 aromatic rings. The van der Waals surface area contributed by atoms with E-state index in [2.05, 4.69) is 40.7 Å². The zero-order valence-electron chi connectivity index (χ0n) is 60.6. The molecular formula is C70H110O36. The standard InChI is InChI=1S/C70H110O36/c1-25-36(76)39(79)43(83)57(95-25)102-50-46(86)51(55(89)90)103-61(53(50)105-59-44(84)40(80)38(78)31(20-71)98-59)99-35-13-14-65(6)32(66(35,7)22-72)12-15-67(8)33(65)11-10-28-29-18-64(4,5)16-17-70(29,34(75)19-68(28,67)9)63(91)106-60-52(41(81)37(77)26(2)96-60)104-58-45(85)42(82)48(27(3)97-58)100-56-47(87)49(30(74)21-93-56)101-62-54(88)69(92,23-73)24-94-62/h10,22,25-27,29-54,56-62,71,73-88,92H,11-21,23-24H2,1-9H3,(H,89,90)/t25-,26+,27-,29-,30+,31+,32+,33+,34+,35-,36-,37-,38-,39+,40-,41-,42-,43+,44+,45+,46-,47+,48-,49-,50-,51-,52+,53+,54-,56-,57-,58-,59-,60-,61+,62-,65-,66-,67+,68+,69+,70+/m0/s1. The van der Waals surface area contributed by atoms with Crippen molar-refractivity contribution in [3.63, 3.8) is 0 Å². The average Bonchev–Trinajstić information content (AvgIpc) is 0.722. The van der Waals surface area contributed by atoms with E-state index in [1.807, 2.05) is 0 Å². The summed E-state index contributed by atoms with van der Waals surface area (Å²) in [6.45, 7) is 13.5. The number of aliphatic hydroxyl groups excluding tert-OH is 17. The molecule has 0 aromatic heterocycles. The number of carboxylic acid groups (broad SMARTS) is 1. The van der Waals surface area contributed by atoms with Crippen molar-refractivity contribution in [1.82, 2.24) is 0 Å². The molecule has 606 valence electrons. The third-order valence-corrected chi connectivity index (χ3v) is 26.9. The Morgan fingerprint density at radius 1 is 0.538 bits per heavy atom. The first kappa shape index (κ1) is 82.6. The van der Waals surface area contributed by atoms with Crippen LogP contribution in [0.2, 0.25) is 0 Å². The van der Waals surface area contributed by atoms with E-state index in [1.165, 1.54) is 20.8 Å². The van der Waals surface area contributed by atoms with Crippen LogP contribution in [0.1, 0.15) is 120 Å². The maximum absolute atomic E-state index is 15.8. The van der Waals surface area contributed by atoms with E-state index in [-0.39, 0.29) is 25.2 Å². The molecular weight excluding hydrogens is 1420 g/mol. The molecule has 7 aliphatic heterocycles. The second-order valence-electron chi connectivity index (χ2n) is 33.7. The van der Waals surface area contributed by atoms with Crippen LogP contribution >= 0.6 is 0 Å². The summed E-state index contributed by atoms with van der Waals surface area (Å²) >= 11 is 0. The Balaban J connectivity index is 0.780. The number of esters is 1. The van der Waals surface area contributed by atoms with Crippen LogP contribution < -0.4 is 0 Å². The summed E-state index contributed by atoms with van der Waals surface area (Å²) in [7, 11) is 0. The monoisotopic (exact) mass is 1530 g/mol. The van der Waals surface area contributed by atoms with Gasteiger partial charge in [-0.1, -0.05) is 53.2 Å². The van der Waals surface area contributed by atoms with Gasteiger partial charge in [-0.2, -0.15) is 0 Å². The topological polar surface area (TPSA) is 565 Å². The van der Waals surface area contributed by atoms with Crippen LogP contribution in [0.3, 0.4) is 0 Å². The highest BCUT2D eigenvalue weighted by Crippen LogP contribution is 2.76. The number of aliphatic carboxylic acids is 1. The molecule has 0 radical (unpaired) electrons. The van der Waals surface area contributed by atoms with Gasteiger partial charge in [0.1, 0.15) is 133 Å². The lowest BCUT2D eigenvalue weighted by atomic mass is 9.33. The highest BCUT2D eigenvalue weighted by atomic mass is 16.8. The molecule has 19 N–H and O–H groups in total. The number of ether oxygens (including phenoxy) is 14. The Bertz CT molecular complexity index is 3130. The molecule has 0 unspecified atom stereocenters. The first-order valence-electron chi connectivity index (χ1n) is 36.8. The second-order valence-corrected chi connectivity index (χ2v) is 33.7. The van der Waals surface area contributed by atoms with Crippen LogP contribution in [0.4, 0.5) is 0 Å². The van der Waals surface area contributed by atoms with Crippen LogP contribution in [-0.2, 0) is 80.7 Å². The van der Waals surface area contributed by atoms with Crippen molar-refractivity contribution in [3.05, 3.63) is 11.6 Å². The molecule has 0 spiro atoms. The quantitative estimate of drug-likeness (QED) is 0.0263. The van der Waals surface area contributed by atoms with E-state index in [4.69, 9.17) is 66.3 Å². The van der Waals surface area contributed by atoms with Crippen LogP contribution in [0.15, 0.2) is 11.6 Å². The fourth-order valence-electron chi connectivity index (χ4n) is 20.2. The third kappa shape index (κ3) is 13.8. The van der Waals surface area contributed by atoms with E-state index in [1.54, 1.807) is 6.92 Å². The molecule has 0 amide bonds. The number of fused-ring (bicyclic) bond motifs is 7. The number of carbonyl (C=O) groups is 3. The molecule has 4 saturated carbocycles. The van der Waals surface area contributed by atoms with Crippen molar-refractivity contribution in [2.24, 2.45) is 50.2 Å². The molecule has 42 atom stereocenters. The summed E-state index contributed by atoms with van der Waals surface area (Å²) < 4.78 is 83.8. The summed E-state index contributed by atoms with van der Waals surface area (Å²) in [6.07, 6.45) is -52.5.